The van der Waals surface area contributed by atoms with E-state index in [0.717, 1.165) is 0 Å². The van der Waals surface area contributed by atoms with E-state index >= 15 is 0 Å². The van der Waals surface area contributed by atoms with Gasteiger partial charge in [-0.05, 0) is 36.4 Å². The smallest absolute Gasteiger partial charge is 0.419 e. The second-order valence-corrected chi connectivity index (χ2v) is 4.79. The Kier molecular flexibility index (Phi) is 3.42. The molecule has 0 radical (unpaired) electrons. The fraction of sp³-hybridized carbons (Fsp3) is 0.125. The Morgan fingerprint density at radius 1 is 1.18 bits per heavy atom. The molecule has 112 valence electrons. The SMILES string of the molecule is COc1ccc(C(=O)Nc2ccc3c(c2)oc(=O)n3C)cc1. The summed E-state index contributed by atoms with van der Waals surface area (Å²) in [4.78, 5) is 23.6. The average molecular weight is 298 g/mol. The Bertz CT molecular complexity index is 891. The first-order chi connectivity index (χ1) is 10.6. The van der Waals surface area contributed by atoms with E-state index in [4.69, 9.17) is 9.15 Å². The van der Waals surface area contributed by atoms with E-state index in [1.165, 1.54) is 4.57 Å². The van der Waals surface area contributed by atoms with Crippen LogP contribution in [0.15, 0.2) is 51.7 Å². The molecule has 0 saturated heterocycles. The van der Waals surface area contributed by atoms with Gasteiger partial charge in [0.1, 0.15) is 5.75 Å². The highest BCUT2D eigenvalue weighted by Gasteiger charge is 2.09. The predicted octanol–water partition coefficient (Wildman–Crippen LogP) is 2.39. The van der Waals surface area contributed by atoms with Crippen LogP contribution in [0.4, 0.5) is 5.69 Å². The first-order valence-corrected chi connectivity index (χ1v) is 6.63. The van der Waals surface area contributed by atoms with Crippen LogP contribution < -0.4 is 15.8 Å². The molecule has 1 N–H and O–H groups in total. The Labute approximate surface area is 125 Å². The molecule has 1 heterocycles. The van der Waals surface area contributed by atoms with Gasteiger partial charge in [0.2, 0.25) is 0 Å². The van der Waals surface area contributed by atoms with Gasteiger partial charge in [0, 0.05) is 24.4 Å². The van der Waals surface area contributed by atoms with Crippen LogP contribution >= 0.6 is 0 Å². The molecule has 0 spiro atoms. The summed E-state index contributed by atoms with van der Waals surface area (Å²) in [6, 6.07) is 11.9. The molecule has 0 saturated carbocycles. The summed E-state index contributed by atoms with van der Waals surface area (Å²) in [5.41, 5.74) is 2.17. The number of amides is 1. The number of nitrogens with one attached hydrogen (secondary N) is 1. The molecule has 0 aliphatic heterocycles. The van der Waals surface area contributed by atoms with E-state index in [-0.39, 0.29) is 5.91 Å². The van der Waals surface area contributed by atoms with Gasteiger partial charge in [-0.15, -0.1) is 0 Å². The van der Waals surface area contributed by atoms with Crippen LogP contribution in [0.1, 0.15) is 10.4 Å². The number of ether oxygens (including phenoxy) is 1. The fourth-order valence-corrected chi connectivity index (χ4v) is 2.16. The van der Waals surface area contributed by atoms with E-state index in [1.54, 1.807) is 56.6 Å². The van der Waals surface area contributed by atoms with Gasteiger partial charge < -0.3 is 14.5 Å². The van der Waals surface area contributed by atoms with Gasteiger partial charge in [0.25, 0.3) is 5.91 Å². The Morgan fingerprint density at radius 3 is 2.59 bits per heavy atom. The molecule has 0 aliphatic rings. The maximum absolute atomic E-state index is 12.2. The number of carbonyl (C=O) groups excluding carboxylic acids is 1. The van der Waals surface area contributed by atoms with Crippen LogP contribution in [-0.4, -0.2) is 17.6 Å². The summed E-state index contributed by atoms with van der Waals surface area (Å²) in [6.45, 7) is 0. The molecule has 1 aromatic heterocycles. The first-order valence-electron chi connectivity index (χ1n) is 6.63. The number of oxazole rings is 1. The van der Waals surface area contributed by atoms with Crippen LogP contribution in [0.25, 0.3) is 11.1 Å². The second-order valence-electron chi connectivity index (χ2n) is 4.79. The largest absolute Gasteiger partial charge is 0.497 e. The maximum Gasteiger partial charge on any atom is 0.419 e. The zero-order valence-electron chi connectivity index (χ0n) is 12.1. The van der Waals surface area contributed by atoms with Crippen LogP contribution in [0.5, 0.6) is 5.75 Å². The summed E-state index contributed by atoms with van der Waals surface area (Å²) in [5, 5.41) is 2.77. The van der Waals surface area contributed by atoms with Gasteiger partial charge >= 0.3 is 5.76 Å². The zero-order chi connectivity index (χ0) is 15.7. The normalized spacial score (nSPS) is 10.6. The Balaban J connectivity index is 1.85. The van der Waals surface area contributed by atoms with Crippen LogP contribution in [0, 0.1) is 0 Å². The third kappa shape index (κ3) is 2.46. The zero-order valence-corrected chi connectivity index (χ0v) is 12.1. The van der Waals surface area contributed by atoms with E-state index in [1.807, 2.05) is 0 Å². The molecule has 3 aromatic rings. The number of hydrogen-bond acceptors (Lipinski definition) is 4. The first kappa shape index (κ1) is 13.9. The van der Waals surface area contributed by atoms with Crippen molar-refractivity contribution in [2.45, 2.75) is 0 Å². The van der Waals surface area contributed by atoms with Gasteiger partial charge in [0.15, 0.2) is 5.58 Å². The highest BCUT2D eigenvalue weighted by Crippen LogP contribution is 2.19. The number of nitrogens with zero attached hydrogens (tertiary/aromatic N) is 1. The number of rotatable bonds is 3. The number of aromatic nitrogens is 1. The van der Waals surface area contributed by atoms with E-state index in [9.17, 15) is 9.59 Å². The van der Waals surface area contributed by atoms with Gasteiger partial charge in [-0.2, -0.15) is 0 Å². The summed E-state index contributed by atoms with van der Waals surface area (Å²) in [7, 11) is 3.20. The van der Waals surface area contributed by atoms with Gasteiger partial charge in [-0.3, -0.25) is 9.36 Å². The van der Waals surface area contributed by atoms with Crippen molar-refractivity contribution in [2.24, 2.45) is 7.05 Å². The highest BCUT2D eigenvalue weighted by atomic mass is 16.5. The van der Waals surface area contributed by atoms with Crippen LogP contribution in [-0.2, 0) is 7.05 Å². The second kappa shape index (κ2) is 5.40. The molecular weight excluding hydrogens is 284 g/mol. The van der Waals surface area contributed by atoms with Crippen molar-refractivity contribution in [2.75, 3.05) is 12.4 Å². The quantitative estimate of drug-likeness (QED) is 0.805. The standard InChI is InChI=1S/C16H14N2O4/c1-18-13-8-5-11(9-14(13)22-16(18)20)17-15(19)10-3-6-12(21-2)7-4-10/h3-9H,1-2H3,(H,17,19). The number of benzene rings is 2. The summed E-state index contributed by atoms with van der Waals surface area (Å²) >= 11 is 0. The minimum absolute atomic E-state index is 0.250. The Hall–Kier alpha value is -3.02. The molecule has 0 aliphatic carbocycles. The van der Waals surface area contributed by atoms with Gasteiger partial charge in [-0.25, -0.2) is 4.79 Å². The summed E-state index contributed by atoms with van der Waals surface area (Å²) < 4.78 is 11.6. The van der Waals surface area contributed by atoms with Crippen molar-refractivity contribution in [1.82, 2.24) is 4.57 Å². The van der Waals surface area contributed by atoms with Crippen molar-refractivity contribution in [3.8, 4) is 5.75 Å². The molecule has 1 amide bonds. The lowest BCUT2D eigenvalue weighted by atomic mass is 10.2. The molecule has 6 heteroatoms. The number of anilines is 1. The van der Waals surface area contributed by atoms with E-state index in [2.05, 4.69) is 5.32 Å². The molecule has 22 heavy (non-hydrogen) atoms. The maximum atomic E-state index is 12.2. The minimum Gasteiger partial charge on any atom is -0.497 e. The number of aryl methyl sites for hydroxylation is 1. The molecule has 0 unspecified atom stereocenters. The van der Waals surface area contributed by atoms with Crippen molar-refractivity contribution in [3.05, 3.63) is 58.6 Å². The minimum atomic E-state index is -0.436. The summed E-state index contributed by atoms with van der Waals surface area (Å²) in [6.07, 6.45) is 0. The number of carbonyl (C=O) groups is 1. The van der Waals surface area contributed by atoms with Crippen molar-refractivity contribution < 1.29 is 13.9 Å². The monoisotopic (exact) mass is 298 g/mol. The molecule has 2 aromatic carbocycles. The lowest BCUT2D eigenvalue weighted by Gasteiger charge is -2.06. The lowest BCUT2D eigenvalue weighted by molar-refractivity contribution is 0.102. The number of fused-ring (bicyclic) bond motifs is 1. The predicted molar refractivity (Wildman–Crippen MR) is 82.4 cm³/mol. The highest BCUT2D eigenvalue weighted by molar-refractivity contribution is 6.04. The van der Waals surface area contributed by atoms with Crippen LogP contribution in [0.3, 0.4) is 0 Å². The van der Waals surface area contributed by atoms with Crippen molar-refractivity contribution in [1.29, 1.82) is 0 Å². The Morgan fingerprint density at radius 2 is 1.91 bits per heavy atom. The lowest BCUT2D eigenvalue weighted by Crippen LogP contribution is -2.11. The molecule has 0 bridgehead atoms. The van der Waals surface area contributed by atoms with Crippen molar-refractivity contribution in [3.63, 3.8) is 0 Å². The molecule has 0 fully saturated rings. The third-order valence-corrected chi connectivity index (χ3v) is 3.40. The average Bonchev–Trinajstić information content (AvgIpc) is 2.81. The van der Waals surface area contributed by atoms with Gasteiger partial charge in [0.05, 0.1) is 12.6 Å². The molecule has 3 rings (SSSR count). The third-order valence-electron chi connectivity index (χ3n) is 3.40. The van der Waals surface area contributed by atoms with Crippen LogP contribution in [0.2, 0.25) is 0 Å². The topological polar surface area (TPSA) is 73.5 Å². The molecule has 0 atom stereocenters. The van der Waals surface area contributed by atoms with E-state index in [0.29, 0.717) is 28.1 Å². The van der Waals surface area contributed by atoms with Gasteiger partial charge in [-0.1, -0.05) is 0 Å². The summed E-state index contributed by atoms with van der Waals surface area (Å²) in [5.74, 6) is -0.00191. The van der Waals surface area contributed by atoms with Crippen molar-refractivity contribution >= 4 is 22.7 Å². The number of hydrogen-bond donors (Lipinski definition) is 1. The molecular formula is C16H14N2O4. The molecule has 6 nitrogen and oxygen atoms in total. The fourth-order valence-electron chi connectivity index (χ4n) is 2.16. The van der Waals surface area contributed by atoms with E-state index < -0.39 is 5.76 Å². The number of methoxy groups -OCH3 is 1.